The van der Waals surface area contributed by atoms with Crippen LogP contribution in [0.5, 0.6) is 5.75 Å². The van der Waals surface area contributed by atoms with Crippen LogP contribution in [0.15, 0.2) is 47.6 Å². The molecule has 6 nitrogen and oxygen atoms in total. The number of tetrazole rings is 1. The smallest absolute Gasteiger partial charge is 0.214 e. The molecule has 1 N–H and O–H groups in total. The fourth-order valence-electron chi connectivity index (χ4n) is 2.54. The average molecular weight is 370 g/mol. The summed E-state index contributed by atoms with van der Waals surface area (Å²) in [6.45, 7) is 6.31. The van der Waals surface area contributed by atoms with Crippen molar-refractivity contribution < 1.29 is 9.84 Å². The molecule has 1 heterocycles. The zero-order valence-electron chi connectivity index (χ0n) is 15.1. The lowest BCUT2D eigenvalue weighted by molar-refractivity contribution is 0.126. The molecule has 0 spiro atoms. The van der Waals surface area contributed by atoms with E-state index >= 15 is 0 Å². The van der Waals surface area contributed by atoms with Gasteiger partial charge < -0.3 is 9.84 Å². The molecular formula is C19H22N4O2S. The van der Waals surface area contributed by atoms with Crippen LogP contribution < -0.4 is 4.74 Å². The predicted molar refractivity (Wildman–Crippen MR) is 102 cm³/mol. The molecule has 0 aliphatic rings. The summed E-state index contributed by atoms with van der Waals surface area (Å²) in [4.78, 5) is 0. The van der Waals surface area contributed by atoms with Crippen LogP contribution in [0.25, 0.3) is 5.69 Å². The standard InChI is InChI=1S/C19H22N4O2S/c1-13-4-6-16(7-5-13)23-19(20-21-22-23)26-12-17(24)11-25-18-9-14(2)8-15(3)10-18/h4-10,17,24H,11-12H2,1-3H3/t17-/m1/s1. The maximum Gasteiger partial charge on any atom is 0.214 e. The van der Waals surface area contributed by atoms with E-state index in [1.807, 2.05) is 57.2 Å². The van der Waals surface area contributed by atoms with Gasteiger partial charge in [-0.1, -0.05) is 35.5 Å². The summed E-state index contributed by atoms with van der Waals surface area (Å²) >= 11 is 1.40. The van der Waals surface area contributed by atoms with Crippen LogP contribution in [0, 0.1) is 20.8 Å². The minimum atomic E-state index is -0.621. The SMILES string of the molecule is Cc1ccc(-n2nnnc2SC[C@H](O)COc2cc(C)cc(C)c2)cc1. The molecule has 0 aliphatic carbocycles. The number of aliphatic hydroxyl groups excluding tert-OH is 1. The van der Waals surface area contributed by atoms with Crippen molar-refractivity contribution in [1.29, 1.82) is 0 Å². The molecule has 1 aromatic heterocycles. The highest BCUT2D eigenvalue weighted by Crippen LogP contribution is 2.20. The summed E-state index contributed by atoms with van der Waals surface area (Å²) in [5.41, 5.74) is 4.35. The first-order chi connectivity index (χ1) is 12.5. The number of nitrogens with zero attached hydrogens (tertiary/aromatic N) is 4. The maximum atomic E-state index is 10.2. The highest BCUT2D eigenvalue weighted by atomic mass is 32.2. The summed E-state index contributed by atoms with van der Waals surface area (Å²) in [7, 11) is 0. The van der Waals surface area contributed by atoms with Crippen molar-refractivity contribution in [2.75, 3.05) is 12.4 Å². The Labute approximate surface area is 157 Å². The predicted octanol–water partition coefficient (Wildman–Crippen LogP) is 3.12. The summed E-state index contributed by atoms with van der Waals surface area (Å²) < 4.78 is 7.37. The Morgan fingerprint density at radius 2 is 1.73 bits per heavy atom. The number of aromatic nitrogens is 4. The van der Waals surface area contributed by atoms with Crippen LogP contribution in [0.1, 0.15) is 16.7 Å². The zero-order valence-corrected chi connectivity index (χ0v) is 15.9. The first-order valence-electron chi connectivity index (χ1n) is 8.38. The van der Waals surface area contributed by atoms with Gasteiger partial charge in [-0.05, 0) is 66.6 Å². The third kappa shape index (κ3) is 4.83. The molecule has 0 saturated carbocycles. The molecule has 0 bridgehead atoms. The lowest BCUT2D eigenvalue weighted by Gasteiger charge is -2.13. The van der Waals surface area contributed by atoms with Crippen molar-refractivity contribution in [3.63, 3.8) is 0 Å². The Morgan fingerprint density at radius 1 is 1.04 bits per heavy atom. The molecule has 0 amide bonds. The molecular weight excluding hydrogens is 348 g/mol. The molecule has 0 unspecified atom stereocenters. The van der Waals surface area contributed by atoms with E-state index in [0.29, 0.717) is 10.9 Å². The largest absolute Gasteiger partial charge is 0.491 e. The number of aryl methyl sites for hydroxylation is 3. The van der Waals surface area contributed by atoms with Crippen LogP contribution in [0.4, 0.5) is 0 Å². The molecule has 7 heteroatoms. The van der Waals surface area contributed by atoms with Gasteiger partial charge in [0.2, 0.25) is 5.16 Å². The second-order valence-electron chi connectivity index (χ2n) is 6.31. The van der Waals surface area contributed by atoms with Crippen molar-refractivity contribution in [2.24, 2.45) is 0 Å². The van der Waals surface area contributed by atoms with Crippen molar-refractivity contribution >= 4 is 11.8 Å². The topological polar surface area (TPSA) is 73.1 Å². The average Bonchev–Trinajstić information content (AvgIpc) is 3.06. The third-order valence-electron chi connectivity index (χ3n) is 3.76. The molecule has 1 atom stereocenters. The molecule has 3 rings (SSSR count). The van der Waals surface area contributed by atoms with Gasteiger partial charge in [-0.2, -0.15) is 4.68 Å². The molecule has 0 fully saturated rings. The van der Waals surface area contributed by atoms with E-state index in [9.17, 15) is 5.11 Å². The van der Waals surface area contributed by atoms with Gasteiger partial charge in [-0.3, -0.25) is 0 Å². The van der Waals surface area contributed by atoms with Crippen LogP contribution in [-0.2, 0) is 0 Å². The maximum absolute atomic E-state index is 10.2. The van der Waals surface area contributed by atoms with Gasteiger partial charge in [-0.15, -0.1) is 5.10 Å². The Morgan fingerprint density at radius 3 is 2.42 bits per heavy atom. The van der Waals surface area contributed by atoms with E-state index < -0.39 is 6.10 Å². The molecule has 26 heavy (non-hydrogen) atoms. The number of ether oxygens (including phenoxy) is 1. The van der Waals surface area contributed by atoms with Gasteiger partial charge >= 0.3 is 0 Å². The summed E-state index contributed by atoms with van der Waals surface area (Å²) in [5, 5.41) is 22.7. The normalized spacial score (nSPS) is 12.2. The number of rotatable bonds is 7. The van der Waals surface area contributed by atoms with Gasteiger partial charge in [0.15, 0.2) is 0 Å². The molecule has 0 aliphatic heterocycles. The number of benzene rings is 2. The first kappa shape index (κ1) is 18.4. The van der Waals surface area contributed by atoms with Crippen LogP contribution in [0.2, 0.25) is 0 Å². The van der Waals surface area contributed by atoms with Crippen molar-refractivity contribution in [1.82, 2.24) is 20.2 Å². The Bertz CT molecular complexity index is 844. The fourth-order valence-corrected chi connectivity index (χ4v) is 3.34. The lowest BCUT2D eigenvalue weighted by atomic mass is 10.1. The van der Waals surface area contributed by atoms with E-state index in [0.717, 1.165) is 22.6 Å². The van der Waals surface area contributed by atoms with Gasteiger partial charge in [0.25, 0.3) is 0 Å². The van der Waals surface area contributed by atoms with Crippen LogP contribution in [-0.4, -0.2) is 43.8 Å². The monoisotopic (exact) mass is 370 g/mol. The van der Waals surface area contributed by atoms with Gasteiger partial charge in [0.05, 0.1) is 11.8 Å². The lowest BCUT2D eigenvalue weighted by Crippen LogP contribution is -2.20. The third-order valence-corrected chi connectivity index (χ3v) is 4.83. The summed E-state index contributed by atoms with van der Waals surface area (Å²) in [5.74, 6) is 1.22. The zero-order chi connectivity index (χ0) is 18.5. The number of hydrogen-bond acceptors (Lipinski definition) is 6. The van der Waals surface area contributed by atoms with Crippen LogP contribution in [0.3, 0.4) is 0 Å². The minimum Gasteiger partial charge on any atom is -0.491 e. The Kier molecular flexibility index (Phi) is 5.90. The van der Waals surface area contributed by atoms with E-state index in [2.05, 4.69) is 21.6 Å². The molecule has 0 radical (unpaired) electrons. The molecule has 136 valence electrons. The van der Waals surface area contributed by atoms with Crippen molar-refractivity contribution in [3.05, 3.63) is 59.2 Å². The van der Waals surface area contributed by atoms with E-state index in [1.165, 1.54) is 17.3 Å². The highest BCUT2D eigenvalue weighted by Gasteiger charge is 2.13. The Hall–Kier alpha value is -2.38. The Balaban J connectivity index is 1.56. The van der Waals surface area contributed by atoms with Gasteiger partial charge in [0.1, 0.15) is 12.4 Å². The summed E-state index contributed by atoms with van der Waals surface area (Å²) in [6, 6.07) is 14.0. The molecule has 3 aromatic rings. The second kappa shape index (κ2) is 8.33. The summed E-state index contributed by atoms with van der Waals surface area (Å²) in [6.07, 6.45) is -0.621. The van der Waals surface area contributed by atoms with E-state index in [1.54, 1.807) is 4.68 Å². The van der Waals surface area contributed by atoms with Gasteiger partial charge in [0, 0.05) is 5.75 Å². The highest BCUT2D eigenvalue weighted by molar-refractivity contribution is 7.99. The number of aliphatic hydroxyl groups is 1. The first-order valence-corrected chi connectivity index (χ1v) is 9.37. The van der Waals surface area contributed by atoms with Crippen molar-refractivity contribution in [3.8, 4) is 11.4 Å². The van der Waals surface area contributed by atoms with Gasteiger partial charge in [-0.25, -0.2) is 0 Å². The van der Waals surface area contributed by atoms with E-state index in [4.69, 9.17) is 4.74 Å². The number of hydrogen-bond donors (Lipinski definition) is 1. The quantitative estimate of drug-likeness (QED) is 0.644. The minimum absolute atomic E-state index is 0.224. The fraction of sp³-hybridized carbons (Fsp3) is 0.316. The molecule has 0 saturated heterocycles. The van der Waals surface area contributed by atoms with Crippen LogP contribution >= 0.6 is 11.8 Å². The second-order valence-corrected chi connectivity index (χ2v) is 7.30. The van der Waals surface area contributed by atoms with Crippen molar-refractivity contribution in [2.45, 2.75) is 32.0 Å². The number of thioether (sulfide) groups is 1. The van der Waals surface area contributed by atoms with E-state index in [-0.39, 0.29) is 6.61 Å². The molecule has 2 aromatic carbocycles.